The molecule has 0 spiro atoms. The number of hydrogen-bond acceptors (Lipinski definition) is 6. The number of amides is 1. The highest BCUT2D eigenvalue weighted by Crippen LogP contribution is 2.37. The van der Waals surface area contributed by atoms with Gasteiger partial charge in [0, 0.05) is 23.2 Å². The molecule has 2 N–H and O–H groups in total. The first-order chi connectivity index (χ1) is 19.2. The van der Waals surface area contributed by atoms with Gasteiger partial charge in [-0.2, -0.15) is 5.26 Å². The molecule has 1 heterocycles. The van der Waals surface area contributed by atoms with Gasteiger partial charge < -0.3 is 20.1 Å². The molecule has 3 aromatic rings. The molecular weight excluding hydrogens is 563 g/mol. The van der Waals surface area contributed by atoms with E-state index in [1.54, 1.807) is 42.5 Å². The van der Waals surface area contributed by atoms with Crippen LogP contribution in [0.15, 0.2) is 54.6 Å². The van der Waals surface area contributed by atoms with Crippen LogP contribution in [0.2, 0.25) is 5.02 Å². The first-order valence-electron chi connectivity index (χ1n) is 13.4. The van der Waals surface area contributed by atoms with Gasteiger partial charge in [0.05, 0.1) is 29.0 Å². The first-order valence-corrected chi connectivity index (χ1v) is 13.8. The molecule has 1 aromatic heterocycles. The third-order valence-electron chi connectivity index (χ3n) is 7.15. The van der Waals surface area contributed by atoms with E-state index in [1.165, 1.54) is 0 Å². The molecule has 2 aromatic carbocycles. The lowest BCUT2D eigenvalue weighted by atomic mass is 9.81. The summed E-state index contributed by atoms with van der Waals surface area (Å²) in [4.78, 5) is 32.3. The molecule has 1 fully saturated rings. The topological polar surface area (TPSA) is 116 Å². The van der Waals surface area contributed by atoms with Crippen molar-refractivity contribution < 1.29 is 19.4 Å². The Hall–Kier alpha value is -3.64. The number of aliphatic carboxylic acids is 1. The van der Waals surface area contributed by atoms with E-state index in [0.29, 0.717) is 58.2 Å². The van der Waals surface area contributed by atoms with Crippen LogP contribution in [0.1, 0.15) is 54.6 Å². The van der Waals surface area contributed by atoms with Gasteiger partial charge in [-0.15, -0.1) is 12.4 Å². The molecule has 0 aliphatic heterocycles. The van der Waals surface area contributed by atoms with Crippen molar-refractivity contribution >= 4 is 35.9 Å². The monoisotopic (exact) mass is 596 g/mol. The predicted molar refractivity (Wildman–Crippen MR) is 162 cm³/mol. The number of hydrogen-bond donors (Lipinski definition) is 2. The van der Waals surface area contributed by atoms with Crippen molar-refractivity contribution in [3.8, 4) is 34.2 Å². The SMILES string of the molecule is CN(C)CCCOc1cc(-c2nc(C(=O)NC3(C(=O)O)CCCCC3)ccc2-c2ccccc2C#N)ccc1Cl.Cl. The molecule has 1 saturated carbocycles. The number of carbonyl (C=O) groups excluding carboxylic acids is 1. The summed E-state index contributed by atoms with van der Waals surface area (Å²) < 4.78 is 5.97. The van der Waals surface area contributed by atoms with E-state index in [2.05, 4.69) is 16.3 Å². The lowest BCUT2D eigenvalue weighted by Crippen LogP contribution is -2.55. The van der Waals surface area contributed by atoms with E-state index < -0.39 is 17.4 Å². The van der Waals surface area contributed by atoms with Crippen LogP contribution in [0.25, 0.3) is 22.4 Å². The number of carboxylic acids is 1. The van der Waals surface area contributed by atoms with Crippen LogP contribution in [0.5, 0.6) is 5.75 Å². The van der Waals surface area contributed by atoms with Gasteiger partial charge in [0.2, 0.25) is 0 Å². The van der Waals surface area contributed by atoms with Crippen LogP contribution in [0, 0.1) is 11.3 Å². The zero-order valence-electron chi connectivity index (χ0n) is 23.2. The smallest absolute Gasteiger partial charge is 0.329 e. The Morgan fingerprint density at radius 1 is 1.10 bits per heavy atom. The largest absolute Gasteiger partial charge is 0.492 e. The van der Waals surface area contributed by atoms with Crippen molar-refractivity contribution in [1.29, 1.82) is 5.26 Å². The van der Waals surface area contributed by atoms with E-state index >= 15 is 0 Å². The molecule has 4 rings (SSSR count). The van der Waals surface area contributed by atoms with E-state index in [1.807, 2.05) is 26.2 Å². The van der Waals surface area contributed by atoms with Crippen molar-refractivity contribution in [2.24, 2.45) is 0 Å². The number of halogens is 2. The Labute approximate surface area is 251 Å². The highest BCUT2D eigenvalue weighted by Gasteiger charge is 2.41. The first kappa shape index (κ1) is 31.9. The number of benzene rings is 2. The normalized spacial score (nSPS) is 14.0. The summed E-state index contributed by atoms with van der Waals surface area (Å²) >= 11 is 6.45. The predicted octanol–water partition coefficient (Wildman–Crippen LogP) is 6.21. The maximum atomic E-state index is 13.4. The lowest BCUT2D eigenvalue weighted by Gasteiger charge is -2.33. The number of rotatable bonds is 10. The summed E-state index contributed by atoms with van der Waals surface area (Å²) in [6.07, 6.45) is 3.97. The van der Waals surface area contributed by atoms with E-state index in [9.17, 15) is 20.0 Å². The Balaban J connectivity index is 0.00000462. The fourth-order valence-corrected chi connectivity index (χ4v) is 5.16. The second-order valence-electron chi connectivity index (χ2n) is 10.3. The second-order valence-corrected chi connectivity index (χ2v) is 10.7. The number of nitrogens with one attached hydrogen (secondary N) is 1. The molecule has 0 unspecified atom stereocenters. The Morgan fingerprint density at radius 2 is 1.83 bits per heavy atom. The van der Waals surface area contributed by atoms with Crippen LogP contribution in [0.3, 0.4) is 0 Å². The van der Waals surface area contributed by atoms with Gasteiger partial charge in [0.15, 0.2) is 0 Å². The minimum Gasteiger partial charge on any atom is -0.492 e. The molecule has 10 heteroatoms. The zero-order valence-corrected chi connectivity index (χ0v) is 24.7. The van der Waals surface area contributed by atoms with Crippen molar-refractivity contribution in [3.05, 3.63) is 70.9 Å². The van der Waals surface area contributed by atoms with Crippen molar-refractivity contribution in [2.75, 3.05) is 27.2 Å². The molecule has 1 amide bonds. The van der Waals surface area contributed by atoms with Gasteiger partial charge in [-0.25, -0.2) is 9.78 Å². The minimum atomic E-state index is -1.31. The number of pyridine rings is 1. The fourth-order valence-electron chi connectivity index (χ4n) is 4.99. The number of nitriles is 1. The molecule has 216 valence electrons. The maximum Gasteiger partial charge on any atom is 0.329 e. The molecule has 0 radical (unpaired) electrons. The molecule has 0 atom stereocenters. The average Bonchev–Trinajstić information content (AvgIpc) is 2.96. The second kappa shape index (κ2) is 14.3. The molecule has 0 saturated heterocycles. The fraction of sp³-hybridized carbons (Fsp3) is 0.355. The molecule has 1 aliphatic rings. The number of carboxylic acid groups (broad SMARTS) is 1. The summed E-state index contributed by atoms with van der Waals surface area (Å²) in [5, 5.41) is 22.9. The summed E-state index contributed by atoms with van der Waals surface area (Å²) in [7, 11) is 3.99. The minimum absolute atomic E-state index is 0. The number of nitrogens with zero attached hydrogens (tertiary/aromatic N) is 3. The van der Waals surface area contributed by atoms with Crippen LogP contribution in [-0.4, -0.2) is 59.7 Å². The van der Waals surface area contributed by atoms with Crippen LogP contribution in [-0.2, 0) is 4.79 Å². The van der Waals surface area contributed by atoms with Crippen LogP contribution >= 0.6 is 24.0 Å². The molecule has 0 bridgehead atoms. The van der Waals surface area contributed by atoms with Gasteiger partial charge in [0.1, 0.15) is 17.0 Å². The highest BCUT2D eigenvalue weighted by atomic mass is 35.5. The summed E-state index contributed by atoms with van der Waals surface area (Å²) in [5.74, 6) is -1.10. The van der Waals surface area contributed by atoms with E-state index in [0.717, 1.165) is 32.2 Å². The third kappa shape index (κ3) is 7.56. The molecular formula is C31H34Cl2N4O4. The highest BCUT2D eigenvalue weighted by molar-refractivity contribution is 6.32. The standard InChI is InChI=1S/C31H33ClN4O4.ClH/c1-36(2)17-8-18-40-27-19-21(11-13-25(27)32)28-24(23-10-5-4-9-22(23)20-33)12-14-26(34-28)29(37)35-31(30(38)39)15-6-3-7-16-31;/h4-5,9-14,19H,3,6-8,15-18H2,1-2H3,(H,35,37)(H,38,39);1H. The van der Waals surface area contributed by atoms with Crippen molar-refractivity contribution in [1.82, 2.24) is 15.2 Å². The molecule has 41 heavy (non-hydrogen) atoms. The Kier molecular flexibility index (Phi) is 11.1. The summed E-state index contributed by atoms with van der Waals surface area (Å²) in [6, 6.07) is 18.0. The van der Waals surface area contributed by atoms with Crippen LogP contribution in [0.4, 0.5) is 0 Å². The molecule has 1 aliphatic carbocycles. The van der Waals surface area contributed by atoms with Gasteiger partial charge >= 0.3 is 5.97 Å². The van der Waals surface area contributed by atoms with Crippen molar-refractivity contribution in [2.45, 2.75) is 44.1 Å². The number of carbonyl (C=O) groups is 2. The van der Waals surface area contributed by atoms with Gasteiger partial charge in [-0.1, -0.05) is 55.1 Å². The zero-order chi connectivity index (χ0) is 28.7. The summed E-state index contributed by atoms with van der Waals surface area (Å²) in [6.45, 7) is 1.33. The Bertz CT molecular complexity index is 1430. The third-order valence-corrected chi connectivity index (χ3v) is 7.46. The number of aromatic nitrogens is 1. The van der Waals surface area contributed by atoms with Gasteiger partial charge in [-0.05, 0) is 63.7 Å². The Morgan fingerprint density at radius 3 is 2.51 bits per heavy atom. The van der Waals surface area contributed by atoms with Crippen molar-refractivity contribution in [3.63, 3.8) is 0 Å². The number of ether oxygens (including phenoxy) is 1. The van der Waals surface area contributed by atoms with Gasteiger partial charge in [-0.3, -0.25) is 4.79 Å². The quantitative estimate of drug-likeness (QED) is 0.267. The summed E-state index contributed by atoms with van der Waals surface area (Å²) in [5.41, 5.74) is 1.66. The average molecular weight is 598 g/mol. The lowest BCUT2D eigenvalue weighted by molar-refractivity contribution is -0.145. The van der Waals surface area contributed by atoms with Crippen LogP contribution < -0.4 is 10.1 Å². The van der Waals surface area contributed by atoms with E-state index in [4.69, 9.17) is 21.3 Å². The van der Waals surface area contributed by atoms with Gasteiger partial charge in [0.25, 0.3) is 5.91 Å². The van der Waals surface area contributed by atoms with E-state index in [-0.39, 0.29) is 18.1 Å². The maximum absolute atomic E-state index is 13.4. The molecule has 8 nitrogen and oxygen atoms in total.